The summed E-state index contributed by atoms with van der Waals surface area (Å²) in [5, 5.41) is 8.52. The molecule has 70 heavy (non-hydrogen) atoms. The minimum Gasteiger partial charge on any atom is -0.379 e. The Morgan fingerprint density at radius 1 is 0.843 bits per heavy atom. The van der Waals surface area contributed by atoms with E-state index in [0.29, 0.717) is 25.8 Å². The van der Waals surface area contributed by atoms with E-state index in [1.807, 2.05) is 70.1 Å². The molecule has 3 N–H and O–H groups in total. The van der Waals surface area contributed by atoms with E-state index in [9.17, 15) is 33.6 Å². The number of nitrogens with one attached hydrogen (secondary N) is 3. The number of amidine groups is 1. The van der Waals surface area contributed by atoms with Crippen molar-refractivity contribution in [2.45, 2.75) is 123 Å². The molecule has 8 atom stereocenters. The summed E-state index contributed by atoms with van der Waals surface area (Å²) < 4.78 is 23.2. The molecule has 7 amide bonds. The fraction of sp³-hybridized carbons (Fsp3) is 0.686. The van der Waals surface area contributed by atoms with Crippen LogP contribution in [-0.4, -0.2) is 191 Å². The molecule has 0 radical (unpaired) electrons. The molecule has 1 saturated heterocycles. The van der Waals surface area contributed by atoms with E-state index >= 15 is 0 Å². The lowest BCUT2D eigenvalue weighted by atomic mass is 9.89. The molecule has 2 heterocycles. The maximum absolute atomic E-state index is 14.4. The van der Waals surface area contributed by atoms with Crippen molar-refractivity contribution in [2.24, 2.45) is 22.7 Å². The van der Waals surface area contributed by atoms with Gasteiger partial charge in [-0.05, 0) is 30.2 Å². The van der Waals surface area contributed by atoms with Crippen molar-refractivity contribution in [3.05, 3.63) is 48.0 Å². The summed E-state index contributed by atoms with van der Waals surface area (Å²) >= 11 is 0. The minimum absolute atomic E-state index is 0.00125. The van der Waals surface area contributed by atoms with Crippen molar-refractivity contribution in [3.63, 3.8) is 0 Å². The third-order valence-electron chi connectivity index (χ3n) is 13.1. The largest absolute Gasteiger partial charge is 0.379 e. The molecule has 1 aromatic rings. The Kier molecular flexibility index (Phi) is 25.7. The lowest BCUT2D eigenvalue weighted by Crippen LogP contribution is -2.55. The van der Waals surface area contributed by atoms with Crippen molar-refractivity contribution < 1.29 is 52.5 Å². The van der Waals surface area contributed by atoms with Gasteiger partial charge in [0.05, 0.1) is 68.9 Å². The van der Waals surface area contributed by atoms with Gasteiger partial charge in [0.15, 0.2) is 0 Å². The molecular weight excluding hydrogens is 901 g/mol. The highest BCUT2D eigenvalue weighted by Gasteiger charge is 2.43. The van der Waals surface area contributed by atoms with E-state index in [2.05, 4.69) is 29.8 Å². The standard InChI is InChI=1S/C51H82N8O11/c1-12-35(5)47(57(9)51(66)46(34(3)4)55-41(13-2)56(7)8)40(67-10)33-45(63)58-26-17-20-39(58)48(68-11)36(6)49(64)54-38(32-37-18-15-14-16-19-37)50(65)53-25-29-70-31-30-69-28-24-52-42(60)23-27-59-43(61)21-22-44(59)62/h14-16,18-19,21-22,34-36,38-40,46-48H,12-13,17,20,23-33H2,1-11H3,(H,52,60)(H,53,65)(H,54,64)/b55-41+/t35-,36+,38-,39-,40+,46-,47-,48+/m0/s1. The van der Waals surface area contributed by atoms with Crippen molar-refractivity contribution in [3.8, 4) is 0 Å². The van der Waals surface area contributed by atoms with E-state index in [0.717, 1.165) is 22.7 Å². The number of methoxy groups -OCH3 is 2. The highest BCUT2D eigenvalue weighted by molar-refractivity contribution is 6.13. The smallest absolute Gasteiger partial charge is 0.253 e. The monoisotopic (exact) mass is 983 g/mol. The molecule has 19 heteroatoms. The summed E-state index contributed by atoms with van der Waals surface area (Å²) in [5.74, 6) is -2.21. The number of ether oxygens (including phenoxy) is 4. The molecule has 392 valence electrons. The Morgan fingerprint density at radius 3 is 2.03 bits per heavy atom. The maximum atomic E-state index is 14.4. The van der Waals surface area contributed by atoms with Crippen LogP contribution in [0.2, 0.25) is 0 Å². The number of carbonyl (C=O) groups excluding carboxylic acids is 7. The molecule has 2 aliphatic rings. The van der Waals surface area contributed by atoms with Crippen LogP contribution < -0.4 is 16.0 Å². The lowest BCUT2D eigenvalue weighted by molar-refractivity contribution is -0.146. The van der Waals surface area contributed by atoms with Crippen molar-refractivity contribution in [1.29, 1.82) is 0 Å². The van der Waals surface area contributed by atoms with Crippen molar-refractivity contribution in [1.82, 2.24) is 35.6 Å². The third kappa shape index (κ3) is 17.9. The average molecular weight is 983 g/mol. The molecule has 1 aromatic carbocycles. The number of carbonyl (C=O) groups is 7. The summed E-state index contributed by atoms with van der Waals surface area (Å²) in [4.78, 5) is 103. The quantitative estimate of drug-likeness (QED) is 0.0424. The van der Waals surface area contributed by atoms with Gasteiger partial charge in [0.2, 0.25) is 29.5 Å². The second-order valence-corrected chi connectivity index (χ2v) is 18.6. The molecule has 0 aromatic heterocycles. The number of imide groups is 1. The molecule has 0 bridgehead atoms. The normalized spacial score (nSPS) is 18.0. The van der Waals surface area contributed by atoms with Gasteiger partial charge in [0, 0.05) is 93.0 Å². The zero-order valence-corrected chi connectivity index (χ0v) is 43.6. The minimum atomic E-state index is -0.917. The van der Waals surface area contributed by atoms with E-state index in [-0.39, 0.29) is 101 Å². The van der Waals surface area contributed by atoms with Gasteiger partial charge in [-0.3, -0.25) is 43.5 Å². The first-order valence-electron chi connectivity index (χ1n) is 24.8. The fourth-order valence-corrected chi connectivity index (χ4v) is 8.96. The topological polar surface area (TPSA) is 218 Å². The summed E-state index contributed by atoms with van der Waals surface area (Å²) in [5.41, 5.74) is 0.854. The zero-order valence-electron chi connectivity index (χ0n) is 43.6. The Bertz CT molecular complexity index is 1900. The Morgan fingerprint density at radius 2 is 1.47 bits per heavy atom. The van der Waals surface area contributed by atoms with Gasteiger partial charge >= 0.3 is 0 Å². The highest BCUT2D eigenvalue weighted by atomic mass is 16.5. The Hall–Kier alpha value is -5.24. The van der Waals surface area contributed by atoms with Crippen LogP contribution in [0.1, 0.15) is 85.6 Å². The average Bonchev–Trinajstić information content (AvgIpc) is 3.96. The van der Waals surface area contributed by atoms with Gasteiger partial charge in [-0.15, -0.1) is 0 Å². The van der Waals surface area contributed by atoms with Crippen LogP contribution in [-0.2, 0) is 58.9 Å². The SMILES string of the molecule is CC/C(=N\[C@H](C(=O)N(C)[C@@H]([C@@H](C)CC)[C@@H](CC(=O)N1CCC[C@H]1[C@H](OC)[C@@H](C)C(=O)N[C@@H](Cc1ccccc1)C(=O)NCCOCCOCCNC(=O)CCN1C(=O)C=CC1=O)OC)C(C)C)N(C)C. The van der Waals surface area contributed by atoms with Gasteiger partial charge in [-0.2, -0.15) is 0 Å². The summed E-state index contributed by atoms with van der Waals surface area (Å²) in [6, 6.07) is 7.03. The number of hydrogen-bond donors (Lipinski definition) is 3. The lowest BCUT2D eigenvalue weighted by Gasteiger charge is -2.40. The molecular formula is C51H82N8O11. The number of nitrogens with zero attached hydrogens (tertiary/aromatic N) is 5. The second-order valence-electron chi connectivity index (χ2n) is 18.6. The van der Waals surface area contributed by atoms with Crippen LogP contribution in [0.25, 0.3) is 0 Å². The highest BCUT2D eigenvalue weighted by Crippen LogP contribution is 2.30. The van der Waals surface area contributed by atoms with Crippen LogP contribution >= 0.6 is 0 Å². The summed E-state index contributed by atoms with van der Waals surface area (Å²) in [6.45, 7) is 13.7. The number of benzene rings is 1. The van der Waals surface area contributed by atoms with E-state index in [1.165, 1.54) is 19.3 Å². The van der Waals surface area contributed by atoms with Crippen molar-refractivity contribution in [2.75, 3.05) is 88.0 Å². The molecule has 19 nitrogen and oxygen atoms in total. The number of likely N-dealkylation sites (N-methyl/N-ethyl adjacent to an activating group) is 1. The van der Waals surface area contributed by atoms with Crippen LogP contribution in [0, 0.1) is 17.8 Å². The zero-order chi connectivity index (χ0) is 51.9. The first-order chi connectivity index (χ1) is 33.4. The summed E-state index contributed by atoms with van der Waals surface area (Å²) in [7, 11) is 8.73. The predicted molar refractivity (Wildman–Crippen MR) is 266 cm³/mol. The van der Waals surface area contributed by atoms with E-state index in [4.69, 9.17) is 23.9 Å². The molecule has 2 aliphatic heterocycles. The van der Waals surface area contributed by atoms with E-state index in [1.54, 1.807) is 30.9 Å². The van der Waals surface area contributed by atoms with Gasteiger partial charge in [0.1, 0.15) is 12.1 Å². The van der Waals surface area contributed by atoms with Crippen LogP contribution in [0.4, 0.5) is 0 Å². The number of rotatable bonds is 31. The predicted octanol–water partition coefficient (Wildman–Crippen LogP) is 2.61. The van der Waals surface area contributed by atoms with Gasteiger partial charge in [0.25, 0.3) is 11.8 Å². The third-order valence-corrected chi connectivity index (χ3v) is 13.1. The molecule has 3 rings (SSSR count). The Labute approximate surface area is 415 Å². The van der Waals surface area contributed by atoms with Crippen molar-refractivity contribution >= 4 is 47.2 Å². The number of hydrogen-bond acceptors (Lipinski definition) is 12. The van der Waals surface area contributed by atoms with Gasteiger partial charge in [-0.25, -0.2) is 0 Å². The second kappa shape index (κ2) is 30.5. The van der Waals surface area contributed by atoms with Gasteiger partial charge < -0.3 is 49.6 Å². The summed E-state index contributed by atoms with van der Waals surface area (Å²) in [6.07, 6.45) is 4.08. The number of amides is 7. The first-order valence-corrected chi connectivity index (χ1v) is 24.8. The van der Waals surface area contributed by atoms with Crippen LogP contribution in [0.5, 0.6) is 0 Å². The molecule has 0 aliphatic carbocycles. The van der Waals surface area contributed by atoms with Gasteiger partial charge in [-0.1, -0.05) is 78.3 Å². The van der Waals surface area contributed by atoms with Crippen LogP contribution in [0.3, 0.4) is 0 Å². The molecule has 0 unspecified atom stereocenters. The Balaban J connectivity index is 1.58. The molecule has 0 spiro atoms. The molecule has 1 fully saturated rings. The van der Waals surface area contributed by atoms with Crippen LogP contribution in [0.15, 0.2) is 47.5 Å². The fourth-order valence-electron chi connectivity index (χ4n) is 8.96. The van der Waals surface area contributed by atoms with E-state index < -0.39 is 60.0 Å². The maximum Gasteiger partial charge on any atom is 0.253 e. The number of aliphatic imine (C=N–C) groups is 1. The number of likely N-dealkylation sites (tertiary alicyclic amines) is 1. The molecule has 0 saturated carbocycles. The first kappa shape index (κ1) is 59.1.